The third-order valence-corrected chi connectivity index (χ3v) is 16.8. The number of rotatable bonds is 20. The fraction of sp³-hybridized carbons (Fsp3) is 0.250. The van der Waals surface area contributed by atoms with Gasteiger partial charge in [0.25, 0.3) is 5.91 Å². The molecule has 35 heteroatoms. The minimum absolute atomic E-state index is 0. The zero-order chi connectivity index (χ0) is 85.6. The maximum atomic E-state index is 15.1. The van der Waals surface area contributed by atoms with Gasteiger partial charge in [-0.15, -0.1) is 0 Å². The number of phenolic OH excluding ortho intramolecular Hbond substituents is 1. The summed E-state index contributed by atoms with van der Waals surface area (Å²) < 4.78 is 232. The molecule has 2 aliphatic rings. The molecule has 119 heavy (non-hydrogen) atoms. The highest BCUT2D eigenvalue weighted by Gasteiger charge is 2.48. The SMILES string of the molecule is C.CCOC(=O)C(=O)c1cc2cc(F)ccc2o1.CCOC(=O)C(F)(F)c1cc2cc(F)ccc2o1.COC(COc1ccc(F)cc1)OC.Fc1ccc2occc2c1.O=C(N[C@H](CN1CCCC1)[C@H](O)c1ccc2c(c1)OCCO2)C(F)(F)c1cc2cc(F)ccc2o1.O=C(O)C(F)(F)c1cc2cc(F)ccc2o1.Oc1ccc(F)cc1. The lowest BCUT2D eigenvalue weighted by Gasteiger charge is -2.30. The van der Waals surface area contributed by atoms with Gasteiger partial charge in [0.05, 0.1) is 25.5 Å². The van der Waals surface area contributed by atoms with Gasteiger partial charge < -0.3 is 80.8 Å². The van der Waals surface area contributed by atoms with Crippen molar-refractivity contribution in [2.75, 3.05) is 66.9 Å². The van der Waals surface area contributed by atoms with Crippen molar-refractivity contribution in [1.82, 2.24) is 10.2 Å². The number of nitrogens with zero attached hydrogens (tertiary/aromatic N) is 1. The topological polar surface area (TPSA) is 292 Å². The van der Waals surface area contributed by atoms with Crippen LogP contribution in [-0.2, 0) is 55.9 Å². The molecule has 0 aliphatic carbocycles. The van der Waals surface area contributed by atoms with E-state index in [4.69, 9.17) is 51.6 Å². The predicted molar refractivity (Wildman–Crippen MR) is 402 cm³/mol. The second-order valence-electron chi connectivity index (χ2n) is 25.2. The van der Waals surface area contributed by atoms with Crippen molar-refractivity contribution in [2.24, 2.45) is 0 Å². The molecule has 0 saturated carbocycles. The lowest BCUT2D eigenvalue weighted by atomic mass is 10.0. The summed E-state index contributed by atoms with van der Waals surface area (Å²) in [5.41, 5.74) is 1.60. The number of aliphatic hydroxyl groups is 1. The molecular weight excluding hydrogens is 1600 g/mol. The predicted octanol–water partition coefficient (Wildman–Crippen LogP) is 18.6. The number of carbonyl (C=O) groups is 5. The van der Waals surface area contributed by atoms with Crippen molar-refractivity contribution < 1.29 is 152 Å². The number of carboxylic acids is 1. The number of fused-ring (bicyclic) bond motifs is 6. The van der Waals surface area contributed by atoms with Crippen molar-refractivity contribution >= 4 is 84.4 Å². The summed E-state index contributed by atoms with van der Waals surface area (Å²) in [5, 5.41) is 31.9. The number of furan rings is 5. The van der Waals surface area contributed by atoms with Crippen LogP contribution in [-0.4, -0.2) is 129 Å². The van der Waals surface area contributed by atoms with Crippen LogP contribution in [0, 0.1) is 40.7 Å². The van der Waals surface area contributed by atoms with Crippen molar-refractivity contribution in [3.05, 3.63) is 264 Å². The first-order valence-electron chi connectivity index (χ1n) is 35.3. The molecule has 1 amide bonds. The molecule has 7 heterocycles. The molecule has 22 nitrogen and oxygen atoms in total. The Bertz CT molecular complexity index is 5520. The lowest BCUT2D eigenvalue weighted by Crippen LogP contribution is -2.50. The molecule has 0 bridgehead atoms. The number of ether oxygens (including phenoxy) is 7. The lowest BCUT2D eigenvalue weighted by molar-refractivity contribution is -0.175. The molecule has 1 fully saturated rings. The van der Waals surface area contributed by atoms with Gasteiger partial charge in [-0.2, -0.15) is 26.3 Å². The quantitative estimate of drug-likeness (QED) is 0.0181. The van der Waals surface area contributed by atoms with Crippen LogP contribution in [0.4, 0.5) is 57.1 Å². The number of amides is 1. The number of aromatic hydroxyl groups is 1. The summed E-state index contributed by atoms with van der Waals surface area (Å²) in [6.45, 7) is 5.67. The molecule has 8 aromatic carbocycles. The molecule has 0 spiro atoms. The first-order valence-corrected chi connectivity index (χ1v) is 35.3. The number of likely N-dealkylation sites (tertiary alicyclic amines) is 1. The highest BCUT2D eigenvalue weighted by atomic mass is 19.3. The monoisotopic (exact) mass is 1680 g/mol. The second-order valence-corrected chi connectivity index (χ2v) is 25.2. The average molecular weight is 1680 g/mol. The fourth-order valence-electron chi connectivity index (χ4n) is 11.0. The largest absolute Gasteiger partial charge is 0.508 e. The molecule has 632 valence electrons. The van der Waals surface area contributed by atoms with Crippen LogP contribution in [0.1, 0.15) is 73.6 Å². The molecule has 5 aromatic heterocycles. The van der Waals surface area contributed by atoms with Gasteiger partial charge in [0.1, 0.15) is 106 Å². The molecule has 0 radical (unpaired) electrons. The molecular formula is C84H75F13N2O20. The van der Waals surface area contributed by atoms with Crippen molar-refractivity contribution in [3.8, 4) is 23.0 Å². The third-order valence-electron chi connectivity index (χ3n) is 16.8. The van der Waals surface area contributed by atoms with Gasteiger partial charge in [0, 0.05) is 47.7 Å². The minimum atomic E-state index is -4.12. The van der Waals surface area contributed by atoms with Crippen LogP contribution in [0.2, 0.25) is 0 Å². The van der Waals surface area contributed by atoms with Gasteiger partial charge >= 0.3 is 41.5 Å². The number of carboxylic acid groups (broad SMARTS) is 1. The maximum absolute atomic E-state index is 15.1. The van der Waals surface area contributed by atoms with Crippen molar-refractivity contribution in [1.29, 1.82) is 0 Å². The van der Waals surface area contributed by atoms with Gasteiger partial charge in [-0.25, -0.2) is 45.1 Å². The smallest absolute Gasteiger partial charge is 0.399 e. The van der Waals surface area contributed by atoms with Gasteiger partial charge in [-0.05, 0) is 227 Å². The van der Waals surface area contributed by atoms with E-state index in [0.29, 0.717) is 47.0 Å². The number of carbonyl (C=O) groups excluding carboxylic acids is 4. The number of hydrogen-bond acceptors (Lipinski definition) is 20. The highest BCUT2D eigenvalue weighted by Crippen LogP contribution is 2.39. The zero-order valence-electron chi connectivity index (χ0n) is 62.4. The number of methoxy groups -OCH3 is 2. The molecule has 2 atom stereocenters. The summed E-state index contributed by atoms with van der Waals surface area (Å²) in [7, 11) is 3.06. The van der Waals surface area contributed by atoms with Crippen LogP contribution >= 0.6 is 0 Å². The first kappa shape index (κ1) is 91.7. The van der Waals surface area contributed by atoms with Crippen molar-refractivity contribution in [2.45, 2.75) is 70.3 Å². The Hall–Kier alpha value is -12.9. The Morgan fingerprint density at radius 3 is 1.41 bits per heavy atom. The number of benzene rings is 8. The van der Waals surface area contributed by atoms with E-state index in [1.165, 1.54) is 106 Å². The Morgan fingerprint density at radius 2 is 0.933 bits per heavy atom. The van der Waals surface area contributed by atoms with Crippen LogP contribution < -0.4 is 19.5 Å². The summed E-state index contributed by atoms with van der Waals surface area (Å²) in [6.07, 6.45) is 1.76. The number of halogens is 13. The van der Waals surface area contributed by atoms with E-state index in [2.05, 4.69) is 19.2 Å². The number of esters is 2. The van der Waals surface area contributed by atoms with Gasteiger partial charge in [-0.3, -0.25) is 9.59 Å². The molecule has 15 rings (SSSR count). The van der Waals surface area contributed by atoms with Gasteiger partial charge in [0.2, 0.25) is 0 Å². The molecule has 4 N–H and O–H groups in total. The Morgan fingerprint density at radius 1 is 0.496 bits per heavy atom. The zero-order valence-corrected chi connectivity index (χ0v) is 62.4. The minimum Gasteiger partial charge on any atom is -0.508 e. The van der Waals surface area contributed by atoms with Crippen molar-refractivity contribution in [3.63, 3.8) is 0 Å². The normalized spacial score (nSPS) is 12.9. The van der Waals surface area contributed by atoms with E-state index in [1.807, 2.05) is 4.90 Å². The number of aliphatic carboxylic acids is 1. The highest BCUT2D eigenvalue weighted by molar-refractivity contribution is 6.40. The maximum Gasteiger partial charge on any atom is 0.399 e. The van der Waals surface area contributed by atoms with E-state index >= 15 is 8.78 Å². The van der Waals surface area contributed by atoms with Gasteiger partial charge in [0.15, 0.2) is 40.8 Å². The van der Waals surface area contributed by atoms with E-state index in [1.54, 1.807) is 55.7 Å². The van der Waals surface area contributed by atoms with Crippen LogP contribution in [0.3, 0.4) is 0 Å². The number of Topliss-reactive ketones (excluding diaryl/α,β-unsaturated/α-hetero) is 1. The Kier molecular flexibility index (Phi) is 32.2. The van der Waals surface area contributed by atoms with E-state index in [-0.39, 0.29) is 95.7 Å². The number of aliphatic hydroxyl groups excluding tert-OH is 1. The van der Waals surface area contributed by atoms with E-state index < -0.39 is 106 Å². The van der Waals surface area contributed by atoms with Crippen LogP contribution in [0.15, 0.2) is 216 Å². The Labute approximate surface area is 667 Å². The summed E-state index contributed by atoms with van der Waals surface area (Å²) >= 11 is 0. The average Bonchev–Trinajstić information content (AvgIpc) is 1.67. The fourth-order valence-corrected chi connectivity index (χ4v) is 11.0. The standard InChI is InChI=1S/C25H25F3N2O5.C12H9F3O3.C12H9FO4.C10H5F3O3.C10H13FO3.C8H5FO.C6H5FO.CH4/c26-17-4-6-19-16(11-17)13-22(35-19)25(27,28)24(32)29-18(14-30-7-1-2-8-30)23(31)15-3-5-20-21(12-15)34-10-9-33-20;1-2-17-11(16)12(14,15)10-6-7-5-8(13)3-4-9(7)18-10;1-2-16-12(15)11(14)10-6-7-5-8(13)3-4-9(7)17-10;11-6-1-2-7-5(3-6)4-8(16-7)10(12,13)9(14)15;1-12-10(13-2)7-14-9-5-3-8(11)4-6-9;9-7-1-2-8-6(5-7)3-4-10-8;7-5-1-3-6(8)4-2-5;/h3-6,11-13,18,23,31H,1-2,7-10,14H2,(H,29,32);3-6H,2H2,1H3;3-6H,2H2,1H3;1-4H,(H,14,15);3-6,10H,7H2,1-2H3;1-5H;1-4,8H;1H4/t18-,23-;;;;;;;/m1......./s1. The summed E-state index contributed by atoms with van der Waals surface area (Å²) in [6, 6.07) is 38.5. The molecule has 0 unspecified atom stereocenters. The molecule has 13 aromatic rings. The summed E-state index contributed by atoms with van der Waals surface area (Å²) in [4.78, 5) is 58.9. The van der Waals surface area contributed by atoms with Crippen LogP contribution in [0.5, 0.6) is 23.0 Å². The molecule has 1 saturated heterocycles. The van der Waals surface area contributed by atoms with Gasteiger partial charge in [-0.1, -0.05) is 13.5 Å². The second kappa shape index (κ2) is 41.8. The Balaban J connectivity index is 0.000000182. The van der Waals surface area contributed by atoms with E-state index in [9.17, 15) is 77.4 Å². The number of nitrogens with one attached hydrogen (secondary N) is 1. The third kappa shape index (κ3) is 24.9. The first-order chi connectivity index (χ1) is 56.2. The van der Waals surface area contributed by atoms with E-state index in [0.717, 1.165) is 97.6 Å². The summed E-state index contributed by atoms with van der Waals surface area (Å²) in [5.74, 6) is -23.8. The number of hydrogen-bond donors (Lipinski definition) is 4. The number of alkyl halides is 6. The number of ketones is 1. The number of phenols is 1. The van der Waals surface area contributed by atoms with Crippen LogP contribution in [0.25, 0.3) is 54.8 Å². The molecule has 2 aliphatic heterocycles.